The minimum absolute atomic E-state index is 0.223. The Morgan fingerprint density at radius 1 is 1.20 bits per heavy atom. The van der Waals surface area contributed by atoms with Gasteiger partial charge in [0.15, 0.2) is 6.10 Å². The third-order valence-corrected chi connectivity index (χ3v) is 4.00. The number of ether oxygens (including phenoxy) is 1. The van der Waals surface area contributed by atoms with Crippen LogP contribution < -0.4 is 5.32 Å². The predicted octanol–water partition coefficient (Wildman–Crippen LogP) is 3.89. The van der Waals surface area contributed by atoms with Gasteiger partial charge in [0.05, 0.1) is 6.21 Å². The highest BCUT2D eigenvalue weighted by Crippen LogP contribution is 2.22. The number of nitrogens with one attached hydrogen (secondary N) is 1. The molecule has 5 nitrogen and oxygen atoms in total. The second-order valence-corrected chi connectivity index (χ2v) is 5.83. The molecule has 2 atom stereocenters. The normalized spacial score (nSPS) is 13.4. The molecular formula is C19H21ClN2O3. The highest BCUT2D eigenvalue weighted by molar-refractivity contribution is 6.30. The van der Waals surface area contributed by atoms with Crippen LogP contribution in [0.3, 0.4) is 0 Å². The van der Waals surface area contributed by atoms with E-state index in [1.165, 1.54) is 7.11 Å². The van der Waals surface area contributed by atoms with Crippen molar-refractivity contribution in [1.82, 2.24) is 5.32 Å². The Kier molecular flexibility index (Phi) is 6.98. The molecule has 1 N–H and O–H groups in total. The minimum Gasteiger partial charge on any atom is -0.388 e. The lowest BCUT2D eigenvalue weighted by Crippen LogP contribution is -2.27. The van der Waals surface area contributed by atoms with Crippen LogP contribution in [0.2, 0.25) is 5.02 Å². The lowest BCUT2D eigenvalue weighted by Gasteiger charge is -2.16. The van der Waals surface area contributed by atoms with Gasteiger partial charge in [-0.2, -0.15) is 0 Å². The van der Waals surface area contributed by atoms with E-state index in [1.54, 1.807) is 13.3 Å². The number of methoxy groups -OCH3 is 1. The van der Waals surface area contributed by atoms with Gasteiger partial charge in [-0.05, 0) is 30.2 Å². The van der Waals surface area contributed by atoms with Gasteiger partial charge in [0.1, 0.15) is 6.10 Å². The summed E-state index contributed by atoms with van der Waals surface area (Å²) >= 11 is 5.88. The summed E-state index contributed by atoms with van der Waals surface area (Å²) in [7, 11) is 3.06. The molecule has 1 amide bonds. The zero-order chi connectivity index (χ0) is 18.2. The molecule has 0 fully saturated rings. The molecule has 2 aromatic rings. The molecule has 2 rings (SSSR count). The van der Waals surface area contributed by atoms with Crippen LogP contribution in [0, 0.1) is 0 Å². The number of halogens is 1. The van der Waals surface area contributed by atoms with E-state index in [4.69, 9.17) is 21.2 Å². The van der Waals surface area contributed by atoms with Crippen molar-refractivity contribution in [1.29, 1.82) is 0 Å². The Morgan fingerprint density at radius 3 is 2.52 bits per heavy atom. The molecule has 0 aromatic heterocycles. The Morgan fingerprint density at radius 2 is 1.88 bits per heavy atom. The highest BCUT2D eigenvalue weighted by Gasteiger charge is 2.21. The molecule has 0 heterocycles. The summed E-state index contributed by atoms with van der Waals surface area (Å²) in [5.74, 6) is -0.223. The van der Waals surface area contributed by atoms with Crippen LogP contribution in [0.5, 0.6) is 0 Å². The van der Waals surface area contributed by atoms with Crippen molar-refractivity contribution in [3.63, 3.8) is 0 Å². The van der Waals surface area contributed by atoms with Crippen molar-refractivity contribution in [2.75, 3.05) is 14.2 Å². The molecule has 0 bridgehead atoms. The number of benzene rings is 2. The second-order valence-electron chi connectivity index (χ2n) is 5.39. The molecular weight excluding hydrogens is 340 g/mol. The van der Waals surface area contributed by atoms with Gasteiger partial charge >= 0.3 is 0 Å². The van der Waals surface area contributed by atoms with E-state index in [0.717, 1.165) is 16.7 Å². The van der Waals surface area contributed by atoms with Gasteiger partial charge < -0.3 is 14.9 Å². The molecule has 0 aliphatic carbocycles. The summed E-state index contributed by atoms with van der Waals surface area (Å²) in [6, 6.07) is 14.8. The van der Waals surface area contributed by atoms with E-state index in [-0.39, 0.29) is 12.0 Å². The fourth-order valence-corrected chi connectivity index (χ4v) is 2.47. The number of rotatable bonds is 7. The Bertz CT molecular complexity index is 732. The first kappa shape index (κ1) is 19.0. The zero-order valence-electron chi connectivity index (χ0n) is 14.4. The van der Waals surface area contributed by atoms with Gasteiger partial charge in [0.25, 0.3) is 5.91 Å². The molecule has 132 valence electrons. The fraction of sp³-hybridized carbons (Fsp3) is 0.263. The van der Waals surface area contributed by atoms with Gasteiger partial charge in [-0.3, -0.25) is 4.79 Å². The first-order chi connectivity index (χ1) is 12.1. The highest BCUT2D eigenvalue weighted by atomic mass is 35.5. The minimum atomic E-state index is -0.707. The van der Waals surface area contributed by atoms with Crippen LogP contribution in [0.25, 0.3) is 0 Å². The van der Waals surface area contributed by atoms with Gasteiger partial charge in [0, 0.05) is 24.7 Å². The third-order valence-electron chi connectivity index (χ3n) is 3.75. The molecule has 2 unspecified atom stereocenters. The first-order valence-electron chi connectivity index (χ1n) is 7.84. The van der Waals surface area contributed by atoms with E-state index >= 15 is 0 Å². The monoisotopic (exact) mass is 360 g/mol. The Labute approximate surface area is 152 Å². The number of hydrogen-bond acceptors (Lipinski definition) is 4. The predicted molar refractivity (Wildman–Crippen MR) is 98.8 cm³/mol. The molecule has 0 saturated carbocycles. The SMILES string of the molecule is CNC(=O)C(OC)c1ccccc1C=NOC(C)c1ccc(Cl)cc1. The van der Waals surface area contributed by atoms with Crippen LogP contribution in [-0.2, 0) is 14.4 Å². The summed E-state index contributed by atoms with van der Waals surface area (Å²) < 4.78 is 5.31. The van der Waals surface area contributed by atoms with Crippen LogP contribution in [-0.4, -0.2) is 26.3 Å². The second kappa shape index (κ2) is 9.20. The molecule has 25 heavy (non-hydrogen) atoms. The van der Waals surface area contributed by atoms with E-state index in [1.807, 2.05) is 55.5 Å². The van der Waals surface area contributed by atoms with E-state index in [9.17, 15) is 4.79 Å². The third kappa shape index (κ3) is 5.05. The molecule has 0 aliphatic heterocycles. The largest absolute Gasteiger partial charge is 0.388 e. The fourth-order valence-electron chi connectivity index (χ4n) is 2.35. The molecule has 0 saturated heterocycles. The van der Waals surface area contributed by atoms with Crippen LogP contribution in [0.15, 0.2) is 53.7 Å². The number of amides is 1. The summed E-state index contributed by atoms with van der Waals surface area (Å²) in [5.41, 5.74) is 2.44. The first-order valence-corrected chi connectivity index (χ1v) is 8.22. The summed E-state index contributed by atoms with van der Waals surface area (Å²) in [4.78, 5) is 17.5. The topological polar surface area (TPSA) is 59.9 Å². The average molecular weight is 361 g/mol. The smallest absolute Gasteiger partial charge is 0.253 e. The molecule has 6 heteroatoms. The van der Waals surface area contributed by atoms with Gasteiger partial charge in [-0.1, -0.05) is 53.2 Å². The molecule has 0 radical (unpaired) electrons. The van der Waals surface area contributed by atoms with E-state index < -0.39 is 6.10 Å². The van der Waals surface area contributed by atoms with Crippen molar-refractivity contribution in [2.24, 2.45) is 5.16 Å². The number of hydrogen-bond donors (Lipinski definition) is 1. The van der Waals surface area contributed by atoms with Crippen molar-refractivity contribution >= 4 is 23.7 Å². The van der Waals surface area contributed by atoms with E-state index in [2.05, 4.69) is 10.5 Å². The lowest BCUT2D eigenvalue weighted by molar-refractivity contribution is -0.130. The maximum absolute atomic E-state index is 12.0. The number of nitrogens with zero attached hydrogens (tertiary/aromatic N) is 1. The maximum Gasteiger partial charge on any atom is 0.253 e. The van der Waals surface area contributed by atoms with Crippen LogP contribution in [0.1, 0.15) is 35.8 Å². The zero-order valence-corrected chi connectivity index (χ0v) is 15.2. The standard InChI is InChI=1S/C19H21ClN2O3/c1-13(14-8-10-16(20)11-9-14)25-22-12-15-6-4-5-7-17(15)18(24-3)19(23)21-2/h4-13,18H,1-3H3,(H,21,23). The molecule has 0 aliphatic rings. The number of oxime groups is 1. The summed E-state index contributed by atoms with van der Waals surface area (Å²) in [6.07, 6.45) is 0.649. The maximum atomic E-state index is 12.0. The van der Waals surface area contributed by atoms with Crippen molar-refractivity contribution in [2.45, 2.75) is 19.1 Å². The summed E-state index contributed by atoms with van der Waals surface area (Å²) in [6.45, 7) is 1.90. The van der Waals surface area contributed by atoms with Gasteiger partial charge in [0.2, 0.25) is 0 Å². The Hall–Kier alpha value is -2.37. The molecule has 2 aromatic carbocycles. The van der Waals surface area contributed by atoms with Crippen molar-refractivity contribution < 1.29 is 14.4 Å². The van der Waals surface area contributed by atoms with Crippen LogP contribution >= 0.6 is 11.6 Å². The van der Waals surface area contributed by atoms with Gasteiger partial charge in [-0.15, -0.1) is 0 Å². The lowest BCUT2D eigenvalue weighted by atomic mass is 10.0. The van der Waals surface area contributed by atoms with Crippen LogP contribution in [0.4, 0.5) is 0 Å². The quantitative estimate of drug-likeness (QED) is 0.602. The number of likely N-dealkylation sites (N-methyl/N-ethyl adjacent to an activating group) is 1. The summed E-state index contributed by atoms with van der Waals surface area (Å²) in [5, 5.41) is 7.32. The number of carbonyl (C=O) groups excluding carboxylic acids is 1. The van der Waals surface area contributed by atoms with E-state index in [0.29, 0.717) is 5.02 Å². The average Bonchev–Trinajstić information content (AvgIpc) is 2.63. The van der Waals surface area contributed by atoms with Gasteiger partial charge in [-0.25, -0.2) is 0 Å². The van der Waals surface area contributed by atoms with Crippen molar-refractivity contribution in [3.8, 4) is 0 Å². The Balaban J connectivity index is 2.13. The molecule has 0 spiro atoms. The number of carbonyl (C=O) groups is 1. The van der Waals surface area contributed by atoms with Crippen molar-refractivity contribution in [3.05, 3.63) is 70.2 Å².